The van der Waals surface area contributed by atoms with Crippen molar-refractivity contribution in [1.82, 2.24) is 15.8 Å². The number of carboxylic acids is 1. The summed E-state index contributed by atoms with van der Waals surface area (Å²) in [6.07, 6.45) is 3.47. The Morgan fingerprint density at radius 2 is 2.08 bits per heavy atom. The normalized spacial score (nSPS) is 18.5. The lowest BCUT2D eigenvalue weighted by atomic mass is 9.95. The van der Waals surface area contributed by atoms with Crippen LogP contribution in [-0.4, -0.2) is 23.2 Å². The number of allylic oxidation sites excluding steroid dienone is 1. The number of hydroxylamine groups is 1. The quantitative estimate of drug-likeness (QED) is 0.524. The number of hydrogen-bond donors (Lipinski definition) is 3. The average molecular weight is 416 g/mol. The van der Waals surface area contributed by atoms with E-state index in [4.69, 9.17) is 4.84 Å². The maximum Gasteiger partial charge on any atom is 0.333 e. The number of aromatic nitrogens is 1. The summed E-state index contributed by atoms with van der Waals surface area (Å²) in [5.41, 5.74) is 6.99. The third kappa shape index (κ3) is 3.36. The van der Waals surface area contributed by atoms with Crippen LogP contribution in [0.2, 0.25) is 0 Å². The van der Waals surface area contributed by atoms with Crippen molar-refractivity contribution in [2.45, 2.75) is 13.0 Å². The van der Waals surface area contributed by atoms with Gasteiger partial charge in [-0.3, -0.25) is 15.3 Å². The molecule has 2 heterocycles. The number of benzene rings is 1. The minimum absolute atomic E-state index is 0.189. The van der Waals surface area contributed by atoms with Crippen LogP contribution in [0.4, 0.5) is 0 Å². The van der Waals surface area contributed by atoms with Gasteiger partial charge in [-0.15, -0.1) is 0 Å². The van der Waals surface area contributed by atoms with Gasteiger partial charge in [0.1, 0.15) is 0 Å². The lowest BCUT2D eigenvalue weighted by molar-refractivity contribution is -0.132. The molecule has 0 spiro atoms. The molecule has 1 aromatic carbocycles. The summed E-state index contributed by atoms with van der Waals surface area (Å²) in [5.74, 6) is -1.00. The highest BCUT2D eigenvalue weighted by molar-refractivity contribution is 9.12. The van der Waals surface area contributed by atoms with Gasteiger partial charge in [0, 0.05) is 18.0 Å². The molecule has 0 bridgehead atoms. The van der Waals surface area contributed by atoms with E-state index in [0.29, 0.717) is 15.9 Å². The molecule has 1 aliphatic rings. The average Bonchev–Trinajstić information content (AvgIpc) is 2.78. The van der Waals surface area contributed by atoms with Crippen molar-refractivity contribution in [2.24, 2.45) is 0 Å². The largest absolute Gasteiger partial charge is 0.478 e. The third-order valence-electron chi connectivity index (χ3n) is 4.19. The molecule has 1 aromatic heterocycles. The van der Waals surface area contributed by atoms with E-state index in [-0.39, 0.29) is 11.6 Å². The van der Waals surface area contributed by atoms with Crippen molar-refractivity contribution in [3.8, 4) is 0 Å². The summed E-state index contributed by atoms with van der Waals surface area (Å²) in [5, 5.41) is 12.9. The number of carbonyl (C=O) groups is 1. The van der Waals surface area contributed by atoms with Crippen LogP contribution in [-0.2, 0) is 9.63 Å². The zero-order chi connectivity index (χ0) is 18.7. The summed E-state index contributed by atoms with van der Waals surface area (Å²) in [4.78, 5) is 21.0. The van der Waals surface area contributed by atoms with Crippen molar-refractivity contribution in [3.05, 3.63) is 81.2 Å². The number of fused-ring (bicyclic) bond motifs is 1. The predicted molar refractivity (Wildman–Crippen MR) is 102 cm³/mol. The van der Waals surface area contributed by atoms with E-state index in [1.165, 1.54) is 7.11 Å². The van der Waals surface area contributed by atoms with E-state index in [2.05, 4.69) is 31.7 Å². The fraction of sp³-hybridized carbons (Fsp3) is 0.158. The Bertz CT molecular complexity index is 894. The zero-order valence-electron chi connectivity index (χ0n) is 14.3. The van der Waals surface area contributed by atoms with Crippen molar-refractivity contribution in [1.29, 1.82) is 0 Å². The number of pyridine rings is 1. The topological polar surface area (TPSA) is 83.5 Å². The van der Waals surface area contributed by atoms with Crippen molar-refractivity contribution < 1.29 is 14.7 Å². The standard InChI is InChI=1S/C19H18BrN3O3/c1-11(19(24)25)16-15(20)18(23-26-2)14-8-4-3-7-13(14)17(22-16)12-6-5-9-21-10-12/h3-10,17,22-23H,1-2H3,(H,24,25)/b16-11-. The molecule has 6 nitrogen and oxygen atoms in total. The highest BCUT2D eigenvalue weighted by atomic mass is 79.9. The van der Waals surface area contributed by atoms with E-state index in [0.717, 1.165) is 16.7 Å². The van der Waals surface area contributed by atoms with Crippen LogP contribution in [0.1, 0.15) is 29.7 Å². The van der Waals surface area contributed by atoms with Crippen LogP contribution in [0.25, 0.3) is 5.70 Å². The summed E-state index contributed by atoms with van der Waals surface area (Å²) >= 11 is 3.55. The molecule has 7 heteroatoms. The van der Waals surface area contributed by atoms with Crippen molar-refractivity contribution in [2.75, 3.05) is 7.11 Å². The van der Waals surface area contributed by atoms with E-state index in [1.807, 2.05) is 36.4 Å². The van der Waals surface area contributed by atoms with Crippen LogP contribution >= 0.6 is 15.9 Å². The maximum absolute atomic E-state index is 11.6. The number of hydrogen-bond acceptors (Lipinski definition) is 5. The first-order valence-corrected chi connectivity index (χ1v) is 8.73. The van der Waals surface area contributed by atoms with Crippen LogP contribution in [0, 0.1) is 0 Å². The molecule has 0 amide bonds. The molecule has 1 unspecified atom stereocenters. The molecule has 3 N–H and O–H groups in total. The number of nitrogens with zero attached hydrogens (tertiary/aromatic N) is 1. The molecule has 0 radical (unpaired) electrons. The first-order chi connectivity index (χ1) is 12.5. The van der Waals surface area contributed by atoms with Crippen LogP contribution in [0.5, 0.6) is 0 Å². The Balaban J connectivity index is 2.29. The highest BCUT2D eigenvalue weighted by Gasteiger charge is 2.29. The van der Waals surface area contributed by atoms with E-state index in [9.17, 15) is 9.90 Å². The fourth-order valence-corrected chi connectivity index (χ4v) is 3.60. The van der Waals surface area contributed by atoms with Gasteiger partial charge in [0.2, 0.25) is 0 Å². The SMILES string of the molecule is CONC1=C(Br)/C(=C(\C)C(=O)O)NC(c2cccnc2)c2ccccc21. The lowest BCUT2D eigenvalue weighted by Crippen LogP contribution is -2.24. The van der Waals surface area contributed by atoms with Crippen molar-refractivity contribution >= 4 is 27.6 Å². The summed E-state index contributed by atoms with van der Waals surface area (Å²) in [6, 6.07) is 11.4. The Kier molecular flexibility index (Phi) is 5.39. The molecule has 1 atom stereocenters. The van der Waals surface area contributed by atoms with Gasteiger partial charge in [0.25, 0.3) is 0 Å². The Hall–Kier alpha value is -2.64. The van der Waals surface area contributed by atoms with Crippen LogP contribution in [0.3, 0.4) is 0 Å². The van der Waals surface area contributed by atoms with E-state index in [1.54, 1.807) is 19.3 Å². The Morgan fingerprint density at radius 1 is 1.31 bits per heavy atom. The summed E-state index contributed by atoms with van der Waals surface area (Å²) < 4.78 is 0.582. The predicted octanol–water partition coefficient (Wildman–Crippen LogP) is 3.35. The first kappa shape index (κ1) is 18.2. The van der Waals surface area contributed by atoms with Crippen molar-refractivity contribution in [3.63, 3.8) is 0 Å². The fourth-order valence-electron chi connectivity index (χ4n) is 2.90. The molecular formula is C19H18BrN3O3. The maximum atomic E-state index is 11.6. The smallest absolute Gasteiger partial charge is 0.333 e. The van der Waals surface area contributed by atoms with Gasteiger partial charge in [0.15, 0.2) is 0 Å². The molecule has 134 valence electrons. The summed E-state index contributed by atoms with van der Waals surface area (Å²) in [7, 11) is 1.51. The van der Waals surface area contributed by atoms with Gasteiger partial charge < -0.3 is 10.4 Å². The molecule has 26 heavy (non-hydrogen) atoms. The highest BCUT2D eigenvalue weighted by Crippen LogP contribution is 2.38. The second-order valence-electron chi connectivity index (χ2n) is 5.75. The monoisotopic (exact) mass is 415 g/mol. The Labute approximate surface area is 159 Å². The minimum atomic E-state index is -1.00. The molecule has 1 aliphatic heterocycles. The molecule has 0 fully saturated rings. The van der Waals surface area contributed by atoms with Gasteiger partial charge in [-0.2, -0.15) is 0 Å². The lowest BCUT2D eigenvalue weighted by Gasteiger charge is -2.22. The Morgan fingerprint density at radius 3 is 2.73 bits per heavy atom. The molecular weight excluding hydrogens is 398 g/mol. The van der Waals surface area contributed by atoms with Gasteiger partial charge in [-0.1, -0.05) is 30.3 Å². The first-order valence-electron chi connectivity index (χ1n) is 7.93. The van der Waals surface area contributed by atoms with Gasteiger partial charge in [-0.25, -0.2) is 4.79 Å². The summed E-state index contributed by atoms with van der Waals surface area (Å²) in [6.45, 7) is 1.56. The van der Waals surface area contributed by atoms with Crippen LogP contribution in [0.15, 0.2) is 64.5 Å². The van der Waals surface area contributed by atoms with E-state index >= 15 is 0 Å². The molecule has 0 saturated carbocycles. The van der Waals surface area contributed by atoms with E-state index < -0.39 is 5.97 Å². The van der Waals surface area contributed by atoms with Gasteiger partial charge in [0.05, 0.1) is 34.6 Å². The molecule has 3 rings (SSSR count). The molecule has 2 aromatic rings. The second kappa shape index (κ2) is 7.72. The number of nitrogens with one attached hydrogen (secondary N) is 2. The minimum Gasteiger partial charge on any atom is -0.478 e. The van der Waals surface area contributed by atoms with Gasteiger partial charge in [-0.05, 0) is 40.0 Å². The zero-order valence-corrected chi connectivity index (χ0v) is 15.9. The number of carboxylic acid groups (broad SMARTS) is 1. The number of rotatable bonds is 4. The van der Waals surface area contributed by atoms with Gasteiger partial charge >= 0.3 is 5.97 Å². The second-order valence-corrected chi connectivity index (χ2v) is 6.54. The number of halogens is 1. The molecule has 0 aliphatic carbocycles. The van der Waals surface area contributed by atoms with Crippen LogP contribution < -0.4 is 10.8 Å². The molecule has 0 saturated heterocycles. The number of aliphatic carboxylic acids is 1. The third-order valence-corrected chi connectivity index (χ3v) is 4.98.